The van der Waals surface area contributed by atoms with Crippen molar-refractivity contribution >= 4 is 11.8 Å². The zero-order valence-corrected chi connectivity index (χ0v) is 9.26. The maximum absolute atomic E-state index is 12.6. The molecule has 0 aliphatic heterocycles. The first-order chi connectivity index (χ1) is 6.27. The molecule has 1 unspecified atom stereocenters. The van der Waals surface area contributed by atoms with Crippen molar-refractivity contribution in [2.24, 2.45) is 5.41 Å². The van der Waals surface area contributed by atoms with Crippen molar-refractivity contribution in [2.75, 3.05) is 0 Å². The Morgan fingerprint density at radius 2 is 1.71 bits per heavy atom. The van der Waals surface area contributed by atoms with Crippen LogP contribution in [0.15, 0.2) is 0 Å². The van der Waals surface area contributed by atoms with Crippen molar-refractivity contribution in [3.8, 4) is 0 Å². The van der Waals surface area contributed by atoms with Crippen LogP contribution in [-0.4, -0.2) is 16.2 Å². The van der Waals surface area contributed by atoms with E-state index < -0.39 is 10.9 Å². The van der Waals surface area contributed by atoms with Gasteiger partial charge in [-0.3, -0.25) is 0 Å². The van der Waals surface area contributed by atoms with Gasteiger partial charge in [0.25, 0.3) is 0 Å². The zero-order chi connectivity index (χ0) is 10.6. The van der Waals surface area contributed by atoms with Gasteiger partial charge >= 0.3 is 6.18 Å². The number of hydrogen-bond acceptors (Lipinski definition) is 1. The average molecular weight is 224 g/mol. The topological polar surface area (TPSA) is 0 Å². The van der Waals surface area contributed by atoms with Gasteiger partial charge in [0.15, 0.2) is 0 Å². The van der Waals surface area contributed by atoms with E-state index in [1.165, 1.54) is 11.8 Å². The fourth-order valence-corrected chi connectivity index (χ4v) is 3.60. The molecule has 0 N–H and O–H groups in total. The van der Waals surface area contributed by atoms with E-state index >= 15 is 0 Å². The lowest BCUT2D eigenvalue weighted by molar-refractivity contribution is -0.136. The second-order valence-corrected chi connectivity index (χ2v) is 6.71. The highest BCUT2D eigenvalue weighted by atomic mass is 32.2. The predicted octanol–water partition coefficient (Wildman–Crippen LogP) is 4.00. The molecule has 0 radical (unpaired) electrons. The van der Waals surface area contributed by atoms with E-state index in [0.29, 0.717) is 12.8 Å². The van der Waals surface area contributed by atoms with E-state index in [0.717, 1.165) is 12.8 Å². The van der Waals surface area contributed by atoms with Gasteiger partial charge in [0.1, 0.15) is 4.75 Å². The molecule has 0 bridgehead atoms. The van der Waals surface area contributed by atoms with Gasteiger partial charge < -0.3 is 0 Å². The minimum atomic E-state index is -4.00. The van der Waals surface area contributed by atoms with Crippen LogP contribution in [0.5, 0.6) is 0 Å². The Balaban J connectivity index is 1.99. The van der Waals surface area contributed by atoms with Gasteiger partial charge in [-0.15, -0.1) is 11.8 Å². The van der Waals surface area contributed by atoms with Crippen LogP contribution in [0.2, 0.25) is 0 Å². The second kappa shape index (κ2) is 2.83. The molecule has 4 heteroatoms. The molecule has 0 amide bonds. The monoisotopic (exact) mass is 224 g/mol. The van der Waals surface area contributed by atoms with Crippen LogP contribution < -0.4 is 0 Å². The highest BCUT2D eigenvalue weighted by Crippen LogP contribution is 2.64. The van der Waals surface area contributed by atoms with Crippen molar-refractivity contribution in [3.05, 3.63) is 0 Å². The summed E-state index contributed by atoms with van der Waals surface area (Å²) in [7, 11) is 0. The van der Waals surface area contributed by atoms with E-state index in [9.17, 15) is 13.2 Å². The molecule has 14 heavy (non-hydrogen) atoms. The standard InChI is InChI=1S/C10H15F3S/c1-8(2)4-3-7(8)14-9(5-6-9)10(11,12)13/h7H,3-6H2,1-2H3. The molecule has 2 rings (SSSR count). The summed E-state index contributed by atoms with van der Waals surface area (Å²) in [5, 5.41) is 0.214. The van der Waals surface area contributed by atoms with E-state index in [4.69, 9.17) is 0 Å². The molecule has 0 heterocycles. The maximum Gasteiger partial charge on any atom is 0.403 e. The summed E-state index contributed by atoms with van der Waals surface area (Å²) in [5.74, 6) is 0. The number of alkyl halides is 3. The molecule has 0 aromatic carbocycles. The third kappa shape index (κ3) is 1.55. The van der Waals surface area contributed by atoms with Crippen LogP contribution in [0.1, 0.15) is 39.5 Å². The van der Waals surface area contributed by atoms with Crippen LogP contribution in [0.4, 0.5) is 13.2 Å². The van der Waals surface area contributed by atoms with Crippen LogP contribution in [0.25, 0.3) is 0 Å². The SMILES string of the molecule is CC1(C)CCC1SC1(C(F)(F)F)CC1. The third-order valence-corrected chi connectivity index (χ3v) is 5.76. The summed E-state index contributed by atoms with van der Waals surface area (Å²) in [5.41, 5.74) is 0.117. The van der Waals surface area contributed by atoms with Gasteiger partial charge in [-0.2, -0.15) is 13.2 Å². The summed E-state index contributed by atoms with van der Waals surface area (Å²) < 4.78 is 36.6. The number of rotatable bonds is 2. The smallest absolute Gasteiger partial charge is 0.169 e. The lowest BCUT2D eigenvalue weighted by Crippen LogP contribution is -2.41. The zero-order valence-electron chi connectivity index (χ0n) is 8.45. The fraction of sp³-hybridized carbons (Fsp3) is 1.00. The van der Waals surface area contributed by atoms with E-state index in [1.54, 1.807) is 0 Å². The van der Waals surface area contributed by atoms with Crippen molar-refractivity contribution < 1.29 is 13.2 Å². The van der Waals surface area contributed by atoms with Gasteiger partial charge in [-0.25, -0.2) is 0 Å². The average Bonchev–Trinajstić information content (AvgIpc) is 2.77. The van der Waals surface area contributed by atoms with Gasteiger partial charge in [0.2, 0.25) is 0 Å². The molecule has 0 aromatic rings. The summed E-state index contributed by atoms with van der Waals surface area (Å²) in [6, 6.07) is 0. The summed E-state index contributed by atoms with van der Waals surface area (Å²) in [4.78, 5) is 0. The minimum Gasteiger partial charge on any atom is -0.169 e. The molecule has 0 spiro atoms. The Hall–Kier alpha value is 0.140. The van der Waals surface area contributed by atoms with Crippen LogP contribution in [0.3, 0.4) is 0 Å². The lowest BCUT2D eigenvalue weighted by atomic mass is 9.72. The second-order valence-electron chi connectivity index (χ2n) is 5.13. The number of thioether (sulfide) groups is 1. The van der Waals surface area contributed by atoms with E-state index in [1.807, 2.05) is 0 Å². The molecule has 2 fully saturated rings. The molecule has 82 valence electrons. The Kier molecular flexibility index (Phi) is 2.16. The molecule has 0 aromatic heterocycles. The van der Waals surface area contributed by atoms with Crippen molar-refractivity contribution in [1.29, 1.82) is 0 Å². The van der Waals surface area contributed by atoms with Crippen molar-refractivity contribution in [1.82, 2.24) is 0 Å². The maximum atomic E-state index is 12.6. The summed E-state index contributed by atoms with van der Waals surface area (Å²) >= 11 is 1.19. The van der Waals surface area contributed by atoms with E-state index in [2.05, 4.69) is 13.8 Å². The normalized spacial score (nSPS) is 33.6. The van der Waals surface area contributed by atoms with Gasteiger partial charge in [-0.1, -0.05) is 13.8 Å². The first kappa shape index (κ1) is 10.7. The molecular weight excluding hydrogens is 209 g/mol. The first-order valence-electron chi connectivity index (χ1n) is 5.01. The van der Waals surface area contributed by atoms with Crippen molar-refractivity contribution in [3.63, 3.8) is 0 Å². The highest BCUT2D eigenvalue weighted by molar-refractivity contribution is 8.01. The van der Waals surface area contributed by atoms with Crippen molar-refractivity contribution in [2.45, 2.75) is 55.7 Å². The number of halogens is 3. The van der Waals surface area contributed by atoms with E-state index in [-0.39, 0.29) is 10.7 Å². The minimum absolute atomic E-state index is 0.117. The molecule has 2 saturated carbocycles. The third-order valence-electron chi connectivity index (χ3n) is 3.51. The van der Waals surface area contributed by atoms with Crippen LogP contribution >= 0.6 is 11.8 Å². The summed E-state index contributed by atoms with van der Waals surface area (Å²) in [6.45, 7) is 4.14. The van der Waals surface area contributed by atoms with Crippen LogP contribution in [0, 0.1) is 5.41 Å². The molecule has 0 saturated heterocycles. The van der Waals surface area contributed by atoms with Crippen LogP contribution in [-0.2, 0) is 0 Å². The largest absolute Gasteiger partial charge is 0.403 e. The molecular formula is C10H15F3S. The quantitative estimate of drug-likeness (QED) is 0.683. The molecule has 0 nitrogen and oxygen atoms in total. The van der Waals surface area contributed by atoms with Gasteiger partial charge in [0.05, 0.1) is 0 Å². The molecule has 2 aliphatic rings. The number of hydrogen-bond donors (Lipinski definition) is 0. The fourth-order valence-electron chi connectivity index (χ4n) is 1.91. The molecule has 2 aliphatic carbocycles. The summed E-state index contributed by atoms with van der Waals surface area (Å²) in [6.07, 6.45) is -1.32. The Morgan fingerprint density at radius 3 is 1.93 bits per heavy atom. The Bertz CT molecular complexity index is 240. The molecule has 1 atom stereocenters. The first-order valence-corrected chi connectivity index (χ1v) is 5.89. The Morgan fingerprint density at radius 1 is 1.14 bits per heavy atom. The Labute approximate surface area is 86.6 Å². The predicted molar refractivity (Wildman–Crippen MR) is 52.4 cm³/mol. The van der Waals surface area contributed by atoms with Gasteiger partial charge in [0, 0.05) is 5.25 Å². The lowest BCUT2D eigenvalue weighted by Gasteiger charge is -2.45. The van der Waals surface area contributed by atoms with Gasteiger partial charge in [-0.05, 0) is 31.1 Å². The highest BCUT2D eigenvalue weighted by Gasteiger charge is 2.65.